The number of amides is 1. The fourth-order valence-electron chi connectivity index (χ4n) is 1.10. The second-order valence-corrected chi connectivity index (χ2v) is 4.53. The van der Waals surface area contributed by atoms with E-state index in [1.165, 1.54) is 0 Å². The van der Waals surface area contributed by atoms with Crippen molar-refractivity contribution in [2.75, 3.05) is 25.1 Å². The van der Waals surface area contributed by atoms with Gasteiger partial charge in [-0.2, -0.15) is 11.8 Å². The van der Waals surface area contributed by atoms with Crippen LogP contribution in [0.1, 0.15) is 19.8 Å². The van der Waals surface area contributed by atoms with E-state index in [0.717, 1.165) is 18.7 Å². The van der Waals surface area contributed by atoms with Gasteiger partial charge in [-0.1, -0.05) is 19.1 Å². The van der Waals surface area contributed by atoms with Crippen LogP contribution < -0.4 is 5.73 Å². The molecule has 0 heterocycles. The van der Waals surface area contributed by atoms with Crippen molar-refractivity contribution in [3.63, 3.8) is 0 Å². The van der Waals surface area contributed by atoms with Gasteiger partial charge in [-0.3, -0.25) is 4.79 Å². The number of thioether (sulfide) groups is 1. The number of carbonyl (C=O) groups excluding carboxylic acids is 1. The number of hydrogen-bond acceptors (Lipinski definition) is 3. The van der Waals surface area contributed by atoms with Crippen molar-refractivity contribution < 1.29 is 4.79 Å². The predicted molar refractivity (Wildman–Crippen MR) is 66.7 cm³/mol. The summed E-state index contributed by atoms with van der Waals surface area (Å²) in [6.07, 6.45) is 3.50. The Labute approximate surface area is 95.4 Å². The first-order valence-corrected chi connectivity index (χ1v) is 6.47. The highest BCUT2D eigenvalue weighted by Gasteiger charge is 2.12. The van der Waals surface area contributed by atoms with E-state index in [2.05, 4.69) is 0 Å². The zero-order chi connectivity index (χ0) is 11.0. The predicted octanol–water partition coefficient (Wildman–Crippen LogP) is 1.26. The van der Waals surface area contributed by atoms with Crippen LogP contribution in [0.25, 0.3) is 0 Å². The molecule has 2 N–H and O–H groups in total. The number of nitrogens with two attached hydrogens (primary N) is 1. The van der Waals surface area contributed by atoms with Crippen LogP contribution in [0.2, 0.25) is 0 Å². The first-order chi connectivity index (χ1) is 6.61. The van der Waals surface area contributed by atoms with Gasteiger partial charge >= 0.3 is 0 Å². The van der Waals surface area contributed by atoms with Crippen molar-refractivity contribution in [2.45, 2.75) is 19.8 Å². The molecule has 0 atom stereocenters. The summed E-state index contributed by atoms with van der Waals surface area (Å²) in [6.45, 7) is 3.19. The lowest BCUT2D eigenvalue weighted by Gasteiger charge is -2.21. The number of rotatable bonds is 7. The molecule has 0 saturated heterocycles. The molecule has 0 saturated carbocycles. The normalized spacial score (nSPS) is 9.86. The quantitative estimate of drug-likeness (QED) is 0.674. The van der Waals surface area contributed by atoms with Crippen LogP contribution >= 0.6 is 24.0 Å². The van der Waals surface area contributed by atoms with Crippen LogP contribution in [0.4, 0.5) is 0 Å². The molecule has 14 heavy (non-hydrogen) atoms. The van der Waals surface area contributed by atoms with Crippen molar-refractivity contribution in [1.29, 1.82) is 0 Å². The fraction of sp³-hybridized carbons (Fsp3) is 0.778. The number of carbonyl (C=O) groups is 1. The van der Waals surface area contributed by atoms with Crippen LogP contribution in [-0.4, -0.2) is 40.9 Å². The maximum absolute atomic E-state index is 11.6. The van der Waals surface area contributed by atoms with Crippen molar-refractivity contribution in [1.82, 2.24) is 4.90 Å². The third kappa shape index (κ3) is 6.21. The Balaban J connectivity index is 4.03. The van der Waals surface area contributed by atoms with Gasteiger partial charge in [-0.05, 0) is 12.7 Å². The molecule has 0 rings (SSSR count). The lowest BCUT2D eigenvalue weighted by Crippen LogP contribution is -2.38. The van der Waals surface area contributed by atoms with Gasteiger partial charge in [0.1, 0.15) is 0 Å². The number of hydrogen-bond donors (Lipinski definition) is 1. The van der Waals surface area contributed by atoms with Crippen LogP contribution in [-0.2, 0) is 4.79 Å². The molecule has 1 amide bonds. The van der Waals surface area contributed by atoms with E-state index in [4.69, 9.17) is 18.0 Å². The summed E-state index contributed by atoms with van der Waals surface area (Å²) in [4.78, 5) is 13.7. The molecule has 0 aliphatic carbocycles. The molecule has 0 aromatic heterocycles. The average Bonchev–Trinajstić information content (AvgIpc) is 2.13. The molecular formula is C9H18N2OS2. The molecule has 82 valence electrons. The largest absolute Gasteiger partial charge is 0.392 e. The fourth-order valence-corrected chi connectivity index (χ4v) is 1.63. The Kier molecular flexibility index (Phi) is 7.89. The summed E-state index contributed by atoms with van der Waals surface area (Å²) in [6, 6.07) is 0. The SMILES string of the molecule is CCCN(CC(N)=S)C(=O)CCSC. The molecule has 0 spiro atoms. The van der Waals surface area contributed by atoms with Gasteiger partial charge in [0.25, 0.3) is 0 Å². The molecule has 0 aromatic carbocycles. The maximum Gasteiger partial charge on any atom is 0.223 e. The van der Waals surface area contributed by atoms with E-state index < -0.39 is 0 Å². The molecule has 0 aliphatic heterocycles. The third-order valence-corrected chi connectivity index (χ3v) is 2.45. The van der Waals surface area contributed by atoms with Gasteiger partial charge in [0, 0.05) is 18.7 Å². The van der Waals surface area contributed by atoms with Gasteiger partial charge in [0.05, 0.1) is 11.5 Å². The van der Waals surface area contributed by atoms with Crippen molar-refractivity contribution in [3.05, 3.63) is 0 Å². The lowest BCUT2D eigenvalue weighted by atomic mass is 10.3. The molecule has 0 bridgehead atoms. The van der Waals surface area contributed by atoms with E-state index in [1.807, 2.05) is 13.2 Å². The van der Waals surface area contributed by atoms with Crippen LogP contribution in [0.15, 0.2) is 0 Å². The smallest absolute Gasteiger partial charge is 0.223 e. The summed E-state index contributed by atoms with van der Waals surface area (Å²) in [5, 5.41) is 0. The van der Waals surface area contributed by atoms with Crippen LogP contribution in [0.5, 0.6) is 0 Å². The molecule has 0 fully saturated rings. The summed E-state index contributed by atoms with van der Waals surface area (Å²) in [5.41, 5.74) is 5.42. The first-order valence-electron chi connectivity index (χ1n) is 4.66. The standard InChI is InChI=1S/C9H18N2OS2/c1-3-5-11(7-8(10)13)9(12)4-6-14-2/h3-7H2,1-2H3,(H2,10,13). The van der Waals surface area contributed by atoms with Gasteiger partial charge in [0.15, 0.2) is 0 Å². The third-order valence-electron chi connectivity index (χ3n) is 1.71. The second kappa shape index (κ2) is 8.05. The monoisotopic (exact) mass is 234 g/mol. The topological polar surface area (TPSA) is 46.3 Å². The zero-order valence-electron chi connectivity index (χ0n) is 8.78. The highest BCUT2D eigenvalue weighted by Crippen LogP contribution is 2.01. The minimum Gasteiger partial charge on any atom is -0.392 e. The Morgan fingerprint density at radius 1 is 1.57 bits per heavy atom. The van der Waals surface area contributed by atoms with Gasteiger partial charge in [0.2, 0.25) is 5.91 Å². The van der Waals surface area contributed by atoms with Crippen molar-refractivity contribution in [3.8, 4) is 0 Å². The van der Waals surface area contributed by atoms with E-state index >= 15 is 0 Å². The van der Waals surface area contributed by atoms with Crippen LogP contribution in [0, 0.1) is 0 Å². The molecule has 0 unspecified atom stereocenters. The summed E-state index contributed by atoms with van der Waals surface area (Å²) in [7, 11) is 0. The number of nitrogens with zero attached hydrogens (tertiary/aromatic N) is 1. The maximum atomic E-state index is 11.6. The minimum absolute atomic E-state index is 0.147. The molecule has 0 aliphatic rings. The second-order valence-electron chi connectivity index (χ2n) is 3.02. The molecule has 3 nitrogen and oxygen atoms in total. The van der Waals surface area contributed by atoms with Crippen LogP contribution in [0.3, 0.4) is 0 Å². The van der Waals surface area contributed by atoms with E-state index in [9.17, 15) is 4.79 Å². The molecular weight excluding hydrogens is 216 g/mol. The Bertz CT molecular complexity index is 197. The molecule has 5 heteroatoms. The van der Waals surface area contributed by atoms with Crippen molar-refractivity contribution >= 4 is 34.9 Å². The Hall–Kier alpha value is -0.290. The summed E-state index contributed by atoms with van der Waals surface area (Å²) >= 11 is 6.47. The van der Waals surface area contributed by atoms with Crippen molar-refractivity contribution in [2.24, 2.45) is 5.73 Å². The molecule has 0 aromatic rings. The zero-order valence-corrected chi connectivity index (χ0v) is 10.4. The van der Waals surface area contributed by atoms with Gasteiger partial charge in [-0.25, -0.2) is 0 Å². The number of thiocarbonyl (C=S) groups is 1. The van der Waals surface area contributed by atoms with E-state index in [-0.39, 0.29) is 5.91 Å². The van der Waals surface area contributed by atoms with Gasteiger partial charge < -0.3 is 10.6 Å². The van der Waals surface area contributed by atoms with E-state index in [0.29, 0.717) is 18.0 Å². The first kappa shape index (κ1) is 13.7. The highest BCUT2D eigenvalue weighted by molar-refractivity contribution is 7.98. The summed E-state index contributed by atoms with van der Waals surface area (Å²) in [5.74, 6) is 1.00. The minimum atomic E-state index is 0.147. The Morgan fingerprint density at radius 3 is 2.64 bits per heavy atom. The highest BCUT2D eigenvalue weighted by atomic mass is 32.2. The molecule has 0 radical (unpaired) electrons. The lowest BCUT2D eigenvalue weighted by molar-refractivity contribution is -0.130. The average molecular weight is 234 g/mol. The van der Waals surface area contributed by atoms with Gasteiger partial charge in [-0.15, -0.1) is 0 Å². The Morgan fingerprint density at radius 2 is 2.21 bits per heavy atom. The van der Waals surface area contributed by atoms with E-state index in [1.54, 1.807) is 16.7 Å². The summed E-state index contributed by atoms with van der Waals surface area (Å²) < 4.78 is 0.